The summed E-state index contributed by atoms with van der Waals surface area (Å²) < 4.78 is 0. The molecule has 0 heterocycles. The fourth-order valence-corrected chi connectivity index (χ4v) is 0.118. The Hall–Kier alpha value is 0.439. The second-order valence-electron chi connectivity index (χ2n) is 0.931. The van der Waals surface area contributed by atoms with Crippen LogP contribution in [-0.2, 0) is 17.1 Å². The molecular formula is C3H10CuN2. The van der Waals surface area contributed by atoms with Gasteiger partial charge in [0.1, 0.15) is 0 Å². The molecule has 0 bridgehead atoms. The molecule has 0 saturated carbocycles. The minimum absolute atomic E-state index is 0. The molecule has 0 aromatic heterocycles. The maximum atomic E-state index is 5.06. The molecule has 43 valence electrons. The summed E-state index contributed by atoms with van der Waals surface area (Å²) in [5, 5.41) is 0. The average molecular weight is 138 g/mol. The second-order valence-corrected chi connectivity index (χ2v) is 0.931. The van der Waals surface area contributed by atoms with Gasteiger partial charge in [-0.25, -0.2) is 0 Å². The van der Waals surface area contributed by atoms with Crippen LogP contribution >= 0.6 is 0 Å². The molecule has 0 saturated heterocycles. The maximum absolute atomic E-state index is 5.06. The Morgan fingerprint density at radius 1 is 1.00 bits per heavy atom. The molecule has 2 nitrogen and oxygen atoms in total. The van der Waals surface area contributed by atoms with Crippen molar-refractivity contribution in [2.24, 2.45) is 11.5 Å². The van der Waals surface area contributed by atoms with Gasteiger partial charge in [-0.1, -0.05) is 0 Å². The van der Waals surface area contributed by atoms with E-state index in [0.29, 0.717) is 0 Å². The van der Waals surface area contributed by atoms with Crippen molar-refractivity contribution in [1.29, 1.82) is 0 Å². The van der Waals surface area contributed by atoms with Crippen LogP contribution in [0.5, 0.6) is 0 Å². The topological polar surface area (TPSA) is 52.0 Å². The second kappa shape index (κ2) is 9.06. The van der Waals surface area contributed by atoms with E-state index in [1.807, 2.05) is 0 Å². The first kappa shape index (κ1) is 9.67. The molecule has 6 heavy (non-hydrogen) atoms. The predicted octanol–water partition coefficient (Wildman–Crippen LogP) is -0.709. The molecule has 0 fully saturated rings. The summed E-state index contributed by atoms with van der Waals surface area (Å²) in [6.07, 6.45) is 0.944. The molecule has 0 aromatic rings. The van der Waals surface area contributed by atoms with E-state index in [-0.39, 0.29) is 17.1 Å². The van der Waals surface area contributed by atoms with Crippen LogP contribution in [0.2, 0.25) is 0 Å². The molecular weight excluding hydrogens is 128 g/mol. The van der Waals surface area contributed by atoms with Crippen LogP contribution in [0.25, 0.3) is 0 Å². The molecule has 0 unspecified atom stereocenters. The van der Waals surface area contributed by atoms with Gasteiger partial charge in [-0.05, 0) is 19.5 Å². The molecule has 0 rings (SSSR count). The van der Waals surface area contributed by atoms with E-state index in [9.17, 15) is 0 Å². The summed E-state index contributed by atoms with van der Waals surface area (Å²) in [7, 11) is 0. The summed E-state index contributed by atoms with van der Waals surface area (Å²) in [6, 6.07) is 0. The first-order valence-electron chi connectivity index (χ1n) is 1.82. The Bertz CT molecular complexity index is 16.3. The van der Waals surface area contributed by atoms with E-state index in [2.05, 4.69) is 0 Å². The minimum atomic E-state index is 0. The van der Waals surface area contributed by atoms with Crippen LogP contribution in [-0.4, -0.2) is 13.1 Å². The van der Waals surface area contributed by atoms with Gasteiger partial charge in [0.15, 0.2) is 0 Å². The van der Waals surface area contributed by atoms with Gasteiger partial charge in [0, 0.05) is 17.1 Å². The quantitative estimate of drug-likeness (QED) is 0.495. The van der Waals surface area contributed by atoms with Crippen molar-refractivity contribution < 1.29 is 17.1 Å². The smallest absolute Gasteiger partial charge is 0 e. The van der Waals surface area contributed by atoms with Crippen LogP contribution in [0, 0.1) is 0 Å². The van der Waals surface area contributed by atoms with Gasteiger partial charge in [-0.2, -0.15) is 0 Å². The Balaban J connectivity index is 0. The van der Waals surface area contributed by atoms with Gasteiger partial charge in [-0.3, -0.25) is 0 Å². The molecule has 4 N–H and O–H groups in total. The van der Waals surface area contributed by atoms with Crippen molar-refractivity contribution in [1.82, 2.24) is 0 Å². The van der Waals surface area contributed by atoms with Gasteiger partial charge in [0.05, 0.1) is 0 Å². The normalized spacial score (nSPS) is 7.00. The summed E-state index contributed by atoms with van der Waals surface area (Å²) in [4.78, 5) is 0. The van der Waals surface area contributed by atoms with Crippen molar-refractivity contribution >= 4 is 0 Å². The Morgan fingerprint density at radius 3 is 1.33 bits per heavy atom. The summed E-state index contributed by atoms with van der Waals surface area (Å²) in [6.45, 7) is 1.44. The van der Waals surface area contributed by atoms with Crippen LogP contribution in [0.4, 0.5) is 0 Å². The molecule has 1 radical (unpaired) electrons. The molecule has 3 heteroatoms. The van der Waals surface area contributed by atoms with E-state index in [1.165, 1.54) is 0 Å². The number of rotatable bonds is 2. The van der Waals surface area contributed by atoms with Crippen LogP contribution in [0.3, 0.4) is 0 Å². The van der Waals surface area contributed by atoms with Gasteiger partial charge in [0.2, 0.25) is 0 Å². The first-order chi connectivity index (χ1) is 2.41. The fourth-order valence-electron chi connectivity index (χ4n) is 0.118. The van der Waals surface area contributed by atoms with Crippen LogP contribution < -0.4 is 11.5 Å². The molecule has 0 aliphatic carbocycles. The van der Waals surface area contributed by atoms with Crippen molar-refractivity contribution in [2.75, 3.05) is 13.1 Å². The third kappa shape index (κ3) is 8.83. The maximum Gasteiger partial charge on any atom is 0 e. The average Bonchev–Trinajstić information content (AvgIpc) is 1.41. The van der Waals surface area contributed by atoms with Gasteiger partial charge < -0.3 is 11.5 Å². The van der Waals surface area contributed by atoms with Crippen molar-refractivity contribution in [2.45, 2.75) is 6.42 Å². The molecule has 0 aromatic carbocycles. The SMILES string of the molecule is NCCCN.[Cu]. The molecule has 0 aliphatic heterocycles. The van der Waals surface area contributed by atoms with Gasteiger partial charge in [-0.15, -0.1) is 0 Å². The van der Waals surface area contributed by atoms with E-state index < -0.39 is 0 Å². The third-order valence-corrected chi connectivity index (χ3v) is 0.408. The molecule has 0 atom stereocenters. The molecule has 0 spiro atoms. The Morgan fingerprint density at radius 2 is 1.33 bits per heavy atom. The Kier molecular flexibility index (Phi) is 14.6. The summed E-state index contributed by atoms with van der Waals surface area (Å²) in [5.74, 6) is 0. The predicted molar refractivity (Wildman–Crippen MR) is 22.7 cm³/mol. The van der Waals surface area contributed by atoms with E-state index in [0.717, 1.165) is 19.5 Å². The standard InChI is InChI=1S/C3H10N2.Cu/c4-2-1-3-5;/h1-5H2;. The molecule has 0 amide bonds. The van der Waals surface area contributed by atoms with Crippen molar-refractivity contribution in [3.63, 3.8) is 0 Å². The zero-order valence-electron chi connectivity index (χ0n) is 3.58. The summed E-state index contributed by atoms with van der Waals surface area (Å²) in [5.41, 5.74) is 10.1. The monoisotopic (exact) mass is 137 g/mol. The number of hydrogen-bond acceptors (Lipinski definition) is 2. The van der Waals surface area contributed by atoms with E-state index in [4.69, 9.17) is 11.5 Å². The molecule has 0 aliphatic rings. The van der Waals surface area contributed by atoms with E-state index in [1.54, 1.807) is 0 Å². The summed E-state index contributed by atoms with van der Waals surface area (Å²) >= 11 is 0. The zero-order chi connectivity index (χ0) is 4.12. The van der Waals surface area contributed by atoms with Crippen molar-refractivity contribution in [3.8, 4) is 0 Å². The number of hydrogen-bond donors (Lipinski definition) is 2. The largest absolute Gasteiger partial charge is 0.330 e. The first-order valence-corrected chi connectivity index (χ1v) is 1.82. The number of nitrogens with two attached hydrogens (primary N) is 2. The zero-order valence-corrected chi connectivity index (χ0v) is 4.52. The minimum Gasteiger partial charge on any atom is -0.330 e. The van der Waals surface area contributed by atoms with Crippen LogP contribution in [0.1, 0.15) is 6.42 Å². The van der Waals surface area contributed by atoms with Crippen LogP contribution in [0.15, 0.2) is 0 Å². The van der Waals surface area contributed by atoms with Gasteiger partial charge in [0.25, 0.3) is 0 Å². The van der Waals surface area contributed by atoms with Gasteiger partial charge >= 0.3 is 0 Å². The fraction of sp³-hybridized carbons (Fsp3) is 1.00. The van der Waals surface area contributed by atoms with Crippen molar-refractivity contribution in [3.05, 3.63) is 0 Å². The third-order valence-electron chi connectivity index (χ3n) is 0.408. The van der Waals surface area contributed by atoms with E-state index >= 15 is 0 Å². The Labute approximate surface area is 48.7 Å².